The van der Waals surface area contributed by atoms with Crippen LogP contribution in [-0.4, -0.2) is 6.29 Å². The zero-order valence-corrected chi connectivity index (χ0v) is 11.2. The number of allylic oxidation sites excluding steroid dienone is 4. The number of hydrogen-bond donors (Lipinski definition) is 0. The first-order valence-electron chi connectivity index (χ1n) is 6.54. The fourth-order valence-corrected chi connectivity index (χ4v) is 2.75. The van der Waals surface area contributed by atoms with Gasteiger partial charge in [-0.15, -0.1) is 0 Å². The monoisotopic (exact) mass is 248 g/mol. The molecule has 0 N–H and O–H groups in total. The van der Waals surface area contributed by atoms with Crippen molar-refractivity contribution in [1.29, 1.82) is 0 Å². The molecular formula is C18H16O. The van der Waals surface area contributed by atoms with Gasteiger partial charge < -0.3 is 0 Å². The molecule has 0 aromatic heterocycles. The van der Waals surface area contributed by atoms with Gasteiger partial charge in [0.1, 0.15) is 6.29 Å². The topological polar surface area (TPSA) is 17.1 Å². The van der Waals surface area contributed by atoms with Gasteiger partial charge >= 0.3 is 0 Å². The summed E-state index contributed by atoms with van der Waals surface area (Å²) < 4.78 is 0. The molecule has 0 saturated carbocycles. The lowest BCUT2D eigenvalue weighted by Crippen LogP contribution is -2.00. The van der Waals surface area contributed by atoms with Gasteiger partial charge in [-0.3, -0.25) is 4.79 Å². The molecule has 0 spiro atoms. The van der Waals surface area contributed by atoms with E-state index in [1.165, 1.54) is 16.5 Å². The van der Waals surface area contributed by atoms with Crippen LogP contribution in [0.2, 0.25) is 0 Å². The van der Waals surface area contributed by atoms with Crippen LogP contribution in [0.3, 0.4) is 0 Å². The van der Waals surface area contributed by atoms with E-state index in [1.54, 1.807) is 0 Å². The Balaban J connectivity index is 2.23. The van der Waals surface area contributed by atoms with Gasteiger partial charge in [-0.1, -0.05) is 47.6 Å². The maximum atomic E-state index is 11.4. The first-order valence-corrected chi connectivity index (χ1v) is 6.54. The number of fused-ring (bicyclic) bond motifs is 1. The summed E-state index contributed by atoms with van der Waals surface area (Å²) in [6.07, 6.45) is 5.29. The smallest absolute Gasteiger partial charge is 0.150 e. The van der Waals surface area contributed by atoms with Gasteiger partial charge in [0.05, 0.1) is 0 Å². The average Bonchev–Trinajstić information content (AvgIpc) is 2.77. The molecule has 0 saturated heterocycles. The fourth-order valence-electron chi connectivity index (χ4n) is 2.75. The van der Waals surface area contributed by atoms with Crippen molar-refractivity contribution in [2.24, 2.45) is 0 Å². The Bertz CT molecular complexity index is 720. The first kappa shape index (κ1) is 11.9. The summed E-state index contributed by atoms with van der Waals surface area (Å²) >= 11 is 0. The SMILES string of the molecule is CC1=C(C)C(c2cc3ccccc3cc2C=O)C=C1. The van der Waals surface area contributed by atoms with Crippen LogP contribution < -0.4 is 0 Å². The molecule has 3 rings (SSSR count). The molecule has 0 aliphatic heterocycles. The Morgan fingerprint density at radius 2 is 1.74 bits per heavy atom. The van der Waals surface area contributed by atoms with Crippen molar-refractivity contribution in [2.45, 2.75) is 19.8 Å². The van der Waals surface area contributed by atoms with Crippen LogP contribution in [-0.2, 0) is 0 Å². The number of carbonyl (C=O) groups is 1. The minimum Gasteiger partial charge on any atom is -0.298 e. The van der Waals surface area contributed by atoms with Crippen LogP contribution >= 0.6 is 0 Å². The minimum absolute atomic E-state index is 0.241. The molecule has 2 aromatic rings. The van der Waals surface area contributed by atoms with E-state index in [1.807, 2.05) is 24.3 Å². The third-order valence-electron chi connectivity index (χ3n) is 4.04. The minimum atomic E-state index is 0.241. The zero-order valence-electron chi connectivity index (χ0n) is 11.2. The van der Waals surface area contributed by atoms with E-state index < -0.39 is 0 Å². The molecule has 1 aliphatic rings. The predicted octanol–water partition coefficient (Wildman–Crippen LogP) is 4.64. The Hall–Kier alpha value is -2.15. The second-order valence-corrected chi connectivity index (χ2v) is 5.15. The van der Waals surface area contributed by atoms with E-state index in [2.05, 4.69) is 38.1 Å². The van der Waals surface area contributed by atoms with Gasteiger partial charge in [0.15, 0.2) is 0 Å². The molecule has 0 amide bonds. The van der Waals surface area contributed by atoms with Crippen LogP contribution in [0.4, 0.5) is 0 Å². The Kier molecular flexibility index (Phi) is 2.83. The van der Waals surface area contributed by atoms with Crippen LogP contribution in [0.5, 0.6) is 0 Å². The number of rotatable bonds is 2. The highest BCUT2D eigenvalue weighted by Crippen LogP contribution is 2.36. The normalized spacial score (nSPS) is 18.3. The lowest BCUT2D eigenvalue weighted by atomic mass is 9.88. The highest BCUT2D eigenvalue weighted by Gasteiger charge is 2.19. The third kappa shape index (κ3) is 1.91. The van der Waals surface area contributed by atoms with E-state index >= 15 is 0 Å². The summed E-state index contributed by atoms with van der Waals surface area (Å²) in [6.45, 7) is 4.26. The molecule has 0 radical (unpaired) electrons. The molecule has 1 unspecified atom stereocenters. The summed E-state index contributed by atoms with van der Waals surface area (Å²) in [6, 6.07) is 12.3. The van der Waals surface area contributed by atoms with Gasteiger partial charge in [-0.2, -0.15) is 0 Å². The van der Waals surface area contributed by atoms with Crippen molar-refractivity contribution in [3.05, 3.63) is 70.8 Å². The van der Waals surface area contributed by atoms with E-state index in [0.717, 1.165) is 22.8 Å². The van der Waals surface area contributed by atoms with E-state index in [0.29, 0.717) is 0 Å². The lowest BCUT2D eigenvalue weighted by Gasteiger charge is -2.15. The molecule has 1 heteroatoms. The first-order chi connectivity index (χ1) is 9.20. The van der Waals surface area contributed by atoms with Gasteiger partial charge in [-0.05, 0) is 42.3 Å². The Labute approximate surface area is 113 Å². The average molecular weight is 248 g/mol. The number of benzene rings is 2. The zero-order chi connectivity index (χ0) is 13.4. The fraction of sp³-hybridized carbons (Fsp3) is 0.167. The lowest BCUT2D eigenvalue weighted by molar-refractivity contribution is 0.112. The number of carbonyl (C=O) groups excluding carboxylic acids is 1. The van der Waals surface area contributed by atoms with Crippen molar-refractivity contribution in [2.75, 3.05) is 0 Å². The summed E-state index contributed by atoms with van der Waals surface area (Å²) in [5, 5.41) is 2.31. The quantitative estimate of drug-likeness (QED) is 0.707. The molecule has 0 bridgehead atoms. The standard InChI is InChI=1S/C18H16O/c1-12-7-8-17(13(12)2)18-10-15-6-4-3-5-14(15)9-16(18)11-19/h3-11,17H,1-2H3. The van der Waals surface area contributed by atoms with Gasteiger partial charge in [0.25, 0.3) is 0 Å². The van der Waals surface area contributed by atoms with E-state index in [9.17, 15) is 4.79 Å². The summed E-state index contributed by atoms with van der Waals surface area (Å²) in [4.78, 5) is 11.4. The van der Waals surface area contributed by atoms with Crippen molar-refractivity contribution in [3.63, 3.8) is 0 Å². The molecule has 2 aromatic carbocycles. The predicted molar refractivity (Wildman–Crippen MR) is 79.6 cm³/mol. The Morgan fingerprint density at radius 1 is 1.05 bits per heavy atom. The Morgan fingerprint density at radius 3 is 2.32 bits per heavy atom. The van der Waals surface area contributed by atoms with Crippen LogP contribution in [0.15, 0.2) is 59.7 Å². The van der Waals surface area contributed by atoms with Crippen LogP contribution in [0.25, 0.3) is 10.8 Å². The largest absolute Gasteiger partial charge is 0.298 e. The maximum Gasteiger partial charge on any atom is 0.150 e. The van der Waals surface area contributed by atoms with Crippen molar-refractivity contribution in [1.82, 2.24) is 0 Å². The van der Waals surface area contributed by atoms with Crippen molar-refractivity contribution in [3.8, 4) is 0 Å². The van der Waals surface area contributed by atoms with Crippen molar-refractivity contribution < 1.29 is 4.79 Å². The second kappa shape index (κ2) is 4.51. The molecule has 1 aliphatic carbocycles. The molecule has 1 nitrogen and oxygen atoms in total. The maximum absolute atomic E-state index is 11.4. The highest BCUT2D eigenvalue weighted by atomic mass is 16.1. The van der Waals surface area contributed by atoms with Crippen molar-refractivity contribution >= 4 is 17.1 Å². The van der Waals surface area contributed by atoms with E-state index in [-0.39, 0.29) is 5.92 Å². The summed E-state index contributed by atoms with van der Waals surface area (Å²) in [7, 11) is 0. The molecule has 0 heterocycles. The van der Waals surface area contributed by atoms with Crippen LogP contribution in [0.1, 0.15) is 35.7 Å². The van der Waals surface area contributed by atoms with Crippen LogP contribution in [0, 0.1) is 0 Å². The summed E-state index contributed by atoms with van der Waals surface area (Å²) in [5.74, 6) is 0.241. The van der Waals surface area contributed by atoms with Gasteiger partial charge in [-0.25, -0.2) is 0 Å². The number of hydrogen-bond acceptors (Lipinski definition) is 1. The van der Waals surface area contributed by atoms with Gasteiger partial charge in [0, 0.05) is 11.5 Å². The summed E-state index contributed by atoms with van der Waals surface area (Å²) in [5.41, 5.74) is 4.54. The molecule has 19 heavy (non-hydrogen) atoms. The second-order valence-electron chi connectivity index (χ2n) is 5.15. The number of aldehydes is 1. The van der Waals surface area contributed by atoms with E-state index in [4.69, 9.17) is 0 Å². The van der Waals surface area contributed by atoms with Gasteiger partial charge in [0.2, 0.25) is 0 Å². The molecule has 0 fully saturated rings. The molecular weight excluding hydrogens is 232 g/mol. The molecule has 1 atom stereocenters. The third-order valence-corrected chi connectivity index (χ3v) is 4.04. The molecule has 94 valence electrons. The highest BCUT2D eigenvalue weighted by molar-refractivity contribution is 5.91.